The normalized spacial score (nSPS) is 9.89. The lowest BCUT2D eigenvalue weighted by Gasteiger charge is -2.03. The molecular formula is C12H6ClN3O2S. The van der Waals surface area contributed by atoms with Crippen LogP contribution in [0.2, 0.25) is 5.02 Å². The van der Waals surface area contributed by atoms with E-state index in [-0.39, 0.29) is 10.6 Å². The van der Waals surface area contributed by atoms with Crippen LogP contribution in [0, 0.1) is 11.3 Å². The van der Waals surface area contributed by atoms with E-state index in [9.17, 15) is 4.79 Å². The van der Waals surface area contributed by atoms with Gasteiger partial charge in [0.15, 0.2) is 0 Å². The second-order valence-corrected chi connectivity index (χ2v) is 4.77. The van der Waals surface area contributed by atoms with Gasteiger partial charge in [-0.1, -0.05) is 11.6 Å². The van der Waals surface area contributed by atoms with Gasteiger partial charge in [-0.2, -0.15) is 5.26 Å². The number of carbonyl (C=O) groups is 1. The van der Waals surface area contributed by atoms with Crippen LogP contribution in [0.3, 0.4) is 0 Å². The molecule has 0 saturated heterocycles. The van der Waals surface area contributed by atoms with Crippen molar-refractivity contribution in [3.8, 4) is 6.07 Å². The Kier molecular flexibility index (Phi) is 4.00. The molecule has 0 aromatic carbocycles. The van der Waals surface area contributed by atoms with E-state index in [2.05, 4.69) is 9.97 Å². The summed E-state index contributed by atoms with van der Waals surface area (Å²) in [5.74, 6) is -1.04. The number of nitrogens with zero attached hydrogens (tertiary/aromatic N) is 3. The van der Waals surface area contributed by atoms with Crippen LogP contribution in [0.1, 0.15) is 15.9 Å². The predicted molar refractivity (Wildman–Crippen MR) is 69.3 cm³/mol. The Morgan fingerprint density at radius 3 is 2.74 bits per heavy atom. The van der Waals surface area contributed by atoms with Crippen molar-refractivity contribution in [3.05, 3.63) is 46.7 Å². The minimum absolute atomic E-state index is 0.106. The summed E-state index contributed by atoms with van der Waals surface area (Å²) >= 11 is 7.18. The Morgan fingerprint density at radius 2 is 2.16 bits per heavy atom. The van der Waals surface area contributed by atoms with Crippen molar-refractivity contribution in [1.82, 2.24) is 9.97 Å². The predicted octanol–water partition coefficient (Wildman–Crippen LogP) is 2.85. The Morgan fingerprint density at radius 1 is 1.37 bits per heavy atom. The van der Waals surface area contributed by atoms with Gasteiger partial charge in [0.2, 0.25) is 0 Å². The number of carboxylic acid groups (broad SMARTS) is 1. The van der Waals surface area contributed by atoms with E-state index in [1.807, 2.05) is 6.07 Å². The lowest BCUT2D eigenvalue weighted by atomic mass is 10.3. The summed E-state index contributed by atoms with van der Waals surface area (Å²) in [7, 11) is 0. The van der Waals surface area contributed by atoms with E-state index in [1.165, 1.54) is 36.3 Å². The van der Waals surface area contributed by atoms with Crippen molar-refractivity contribution < 1.29 is 9.90 Å². The zero-order chi connectivity index (χ0) is 13.8. The van der Waals surface area contributed by atoms with Crippen LogP contribution in [0.5, 0.6) is 0 Å². The smallest absolute Gasteiger partial charge is 0.337 e. The number of rotatable bonds is 3. The number of hydrogen-bond acceptors (Lipinski definition) is 5. The van der Waals surface area contributed by atoms with Crippen LogP contribution in [0.25, 0.3) is 0 Å². The number of halogens is 1. The maximum Gasteiger partial charge on any atom is 0.337 e. The molecule has 2 aromatic heterocycles. The third kappa shape index (κ3) is 3.02. The topological polar surface area (TPSA) is 86.9 Å². The maximum absolute atomic E-state index is 10.7. The van der Waals surface area contributed by atoms with Gasteiger partial charge in [0.05, 0.1) is 16.1 Å². The Labute approximate surface area is 117 Å². The fourth-order valence-corrected chi connectivity index (χ4v) is 2.27. The van der Waals surface area contributed by atoms with E-state index < -0.39 is 5.97 Å². The first kappa shape index (κ1) is 13.3. The van der Waals surface area contributed by atoms with Crippen LogP contribution < -0.4 is 0 Å². The summed E-state index contributed by atoms with van der Waals surface area (Å²) < 4.78 is 0. The fourth-order valence-electron chi connectivity index (χ4n) is 1.25. The van der Waals surface area contributed by atoms with E-state index in [0.29, 0.717) is 15.6 Å². The van der Waals surface area contributed by atoms with Gasteiger partial charge in [0.1, 0.15) is 16.1 Å². The largest absolute Gasteiger partial charge is 0.478 e. The highest BCUT2D eigenvalue weighted by molar-refractivity contribution is 7.99. The fraction of sp³-hybridized carbons (Fsp3) is 0. The molecule has 2 aromatic rings. The third-order valence-electron chi connectivity index (χ3n) is 2.16. The first-order valence-electron chi connectivity index (χ1n) is 5.03. The third-order valence-corrected chi connectivity index (χ3v) is 3.61. The first-order chi connectivity index (χ1) is 9.11. The van der Waals surface area contributed by atoms with Crippen LogP contribution in [-0.4, -0.2) is 21.0 Å². The lowest BCUT2D eigenvalue weighted by Crippen LogP contribution is -1.96. The molecular weight excluding hydrogens is 286 g/mol. The van der Waals surface area contributed by atoms with Crippen LogP contribution in [-0.2, 0) is 0 Å². The molecule has 5 nitrogen and oxygen atoms in total. The highest BCUT2D eigenvalue weighted by Gasteiger charge is 2.10. The molecule has 0 aliphatic heterocycles. The van der Waals surface area contributed by atoms with Gasteiger partial charge in [-0.3, -0.25) is 0 Å². The van der Waals surface area contributed by atoms with E-state index in [1.54, 1.807) is 6.07 Å². The molecule has 7 heteroatoms. The second-order valence-electron chi connectivity index (χ2n) is 3.38. The van der Waals surface area contributed by atoms with Gasteiger partial charge < -0.3 is 5.11 Å². The van der Waals surface area contributed by atoms with Crippen molar-refractivity contribution in [2.75, 3.05) is 0 Å². The Bertz CT molecular complexity index is 668. The van der Waals surface area contributed by atoms with Crippen molar-refractivity contribution in [2.24, 2.45) is 0 Å². The Balaban J connectivity index is 2.27. The van der Waals surface area contributed by atoms with E-state index in [0.717, 1.165) is 0 Å². The van der Waals surface area contributed by atoms with Gasteiger partial charge in [-0.15, -0.1) is 0 Å². The average molecular weight is 292 g/mol. The van der Waals surface area contributed by atoms with Gasteiger partial charge >= 0.3 is 5.97 Å². The molecule has 0 atom stereocenters. The molecule has 0 aliphatic carbocycles. The number of nitriles is 1. The lowest BCUT2D eigenvalue weighted by molar-refractivity contribution is 0.0696. The summed E-state index contributed by atoms with van der Waals surface area (Å²) in [6, 6.07) is 6.49. The quantitative estimate of drug-likeness (QED) is 0.935. The molecule has 1 N–H and O–H groups in total. The molecule has 0 amide bonds. The summed E-state index contributed by atoms with van der Waals surface area (Å²) in [6.07, 6.45) is 2.74. The van der Waals surface area contributed by atoms with E-state index >= 15 is 0 Å². The maximum atomic E-state index is 10.7. The molecule has 2 rings (SSSR count). The average Bonchev–Trinajstić information content (AvgIpc) is 2.42. The molecule has 19 heavy (non-hydrogen) atoms. The number of hydrogen-bond donors (Lipinski definition) is 1. The molecule has 0 spiro atoms. The van der Waals surface area contributed by atoms with Gasteiger partial charge in [-0.25, -0.2) is 14.8 Å². The van der Waals surface area contributed by atoms with Crippen molar-refractivity contribution in [2.45, 2.75) is 10.1 Å². The molecule has 0 saturated carbocycles. The molecule has 0 unspecified atom stereocenters. The van der Waals surface area contributed by atoms with Crippen LogP contribution in [0.15, 0.2) is 40.6 Å². The highest BCUT2D eigenvalue weighted by Crippen LogP contribution is 2.31. The second kappa shape index (κ2) is 5.69. The van der Waals surface area contributed by atoms with Gasteiger partial charge in [0, 0.05) is 12.4 Å². The molecule has 0 fully saturated rings. The molecule has 0 radical (unpaired) electrons. The summed E-state index contributed by atoms with van der Waals surface area (Å²) in [4.78, 5) is 18.7. The molecule has 94 valence electrons. The SMILES string of the molecule is N#Cc1ccnc(Sc2ccc(C(=O)O)cn2)c1Cl. The number of pyridine rings is 2. The zero-order valence-electron chi connectivity index (χ0n) is 9.37. The van der Waals surface area contributed by atoms with Crippen molar-refractivity contribution in [3.63, 3.8) is 0 Å². The summed E-state index contributed by atoms with van der Waals surface area (Å²) in [5.41, 5.74) is 0.440. The summed E-state index contributed by atoms with van der Waals surface area (Å²) in [6.45, 7) is 0. The van der Waals surface area contributed by atoms with Crippen LogP contribution >= 0.6 is 23.4 Å². The Hall–Kier alpha value is -2.10. The van der Waals surface area contributed by atoms with Gasteiger partial charge in [0.25, 0.3) is 0 Å². The number of carboxylic acids is 1. The molecule has 2 heterocycles. The minimum Gasteiger partial charge on any atom is -0.478 e. The summed E-state index contributed by atoms with van der Waals surface area (Å²) in [5, 5.41) is 18.9. The number of aromatic carboxylic acids is 1. The highest BCUT2D eigenvalue weighted by atomic mass is 35.5. The minimum atomic E-state index is -1.04. The van der Waals surface area contributed by atoms with Crippen LogP contribution in [0.4, 0.5) is 0 Å². The molecule has 0 aliphatic rings. The number of aromatic nitrogens is 2. The standard InChI is InChI=1S/C12H6ClN3O2S/c13-10-7(5-14)3-4-15-11(10)19-9-2-1-8(6-16-9)12(17)18/h1-4,6H,(H,17,18). The zero-order valence-corrected chi connectivity index (χ0v) is 10.9. The van der Waals surface area contributed by atoms with Crippen molar-refractivity contribution >= 4 is 29.3 Å². The first-order valence-corrected chi connectivity index (χ1v) is 6.23. The van der Waals surface area contributed by atoms with Crippen molar-refractivity contribution in [1.29, 1.82) is 5.26 Å². The van der Waals surface area contributed by atoms with E-state index in [4.69, 9.17) is 22.0 Å². The monoisotopic (exact) mass is 291 g/mol. The van der Waals surface area contributed by atoms with Gasteiger partial charge in [-0.05, 0) is 30.0 Å². The molecule has 0 bridgehead atoms.